The molecule has 0 radical (unpaired) electrons. The molecule has 1 aliphatic rings. The number of hydrogen-bond acceptors (Lipinski definition) is 5. The predicted octanol–water partition coefficient (Wildman–Crippen LogP) is 1.88. The van der Waals surface area contributed by atoms with Crippen LogP contribution in [0, 0.1) is 5.82 Å². The van der Waals surface area contributed by atoms with Gasteiger partial charge >= 0.3 is 0 Å². The van der Waals surface area contributed by atoms with Gasteiger partial charge in [-0.05, 0) is 17.7 Å². The molecule has 1 N–H and O–H groups in total. The fraction of sp³-hybridized carbons (Fsp3) is 0.389. The molecule has 138 valence electrons. The van der Waals surface area contributed by atoms with E-state index in [0.29, 0.717) is 38.4 Å². The van der Waals surface area contributed by atoms with E-state index >= 15 is 0 Å². The van der Waals surface area contributed by atoms with Crippen molar-refractivity contribution in [2.45, 2.75) is 12.2 Å². The highest BCUT2D eigenvalue weighted by molar-refractivity contribution is 7.98. The molecule has 0 unspecified atom stereocenters. The summed E-state index contributed by atoms with van der Waals surface area (Å²) in [6.45, 7) is 2.40. The van der Waals surface area contributed by atoms with Gasteiger partial charge in [-0.1, -0.05) is 12.1 Å². The molecule has 1 amide bonds. The fourth-order valence-electron chi connectivity index (χ4n) is 2.83. The van der Waals surface area contributed by atoms with Gasteiger partial charge in [-0.2, -0.15) is 11.8 Å². The molecule has 6 nitrogen and oxygen atoms in total. The number of benzene rings is 1. The van der Waals surface area contributed by atoms with Gasteiger partial charge in [0.05, 0.1) is 0 Å². The van der Waals surface area contributed by atoms with Gasteiger partial charge in [0.1, 0.15) is 5.82 Å². The summed E-state index contributed by atoms with van der Waals surface area (Å²) in [7, 11) is 0. The molecule has 0 atom stereocenters. The Balaban J connectivity index is 1.39. The van der Waals surface area contributed by atoms with Crippen LogP contribution in [0.15, 0.2) is 41.5 Å². The van der Waals surface area contributed by atoms with Gasteiger partial charge in [-0.15, -0.1) is 0 Å². The molecule has 1 aromatic carbocycles. The zero-order valence-corrected chi connectivity index (χ0v) is 15.2. The Bertz CT molecular complexity index is 788. The first-order valence-corrected chi connectivity index (χ1v) is 9.67. The largest absolute Gasteiger partial charge is 0.348 e. The zero-order chi connectivity index (χ0) is 18.4. The summed E-state index contributed by atoms with van der Waals surface area (Å²) in [4.78, 5) is 34.6. The number of H-pyrrole nitrogens is 1. The number of nitrogens with one attached hydrogen (secondary N) is 1. The molecule has 0 aliphatic carbocycles. The lowest BCUT2D eigenvalue weighted by Gasteiger charge is -2.34. The lowest BCUT2D eigenvalue weighted by Crippen LogP contribution is -2.50. The van der Waals surface area contributed by atoms with E-state index in [0.717, 1.165) is 17.1 Å². The number of amides is 1. The van der Waals surface area contributed by atoms with Gasteiger partial charge < -0.3 is 14.8 Å². The molecule has 0 bridgehead atoms. The SMILES string of the molecule is O=C(CCSCc1ccc(F)cc1)N1CCN(c2ncc[nH]c2=O)CC1. The van der Waals surface area contributed by atoms with Crippen LogP contribution in [0.3, 0.4) is 0 Å². The van der Waals surface area contributed by atoms with Gasteiger partial charge in [-0.3, -0.25) is 9.59 Å². The van der Waals surface area contributed by atoms with Crippen LogP contribution in [-0.2, 0) is 10.5 Å². The number of hydrogen-bond donors (Lipinski definition) is 1. The lowest BCUT2D eigenvalue weighted by atomic mass is 10.2. The Morgan fingerprint density at radius 1 is 1.19 bits per heavy atom. The van der Waals surface area contributed by atoms with E-state index < -0.39 is 0 Å². The van der Waals surface area contributed by atoms with Crippen molar-refractivity contribution in [3.05, 3.63) is 58.4 Å². The number of thioether (sulfide) groups is 1. The molecular weight excluding hydrogens is 355 g/mol. The van der Waals surface area contributed by atoms with Crippen molar-refractivity contribution in [3.8, 4) is 0 Å². The first-order chi connectivity index (χ1) is 12.6. The van der Waals surface area contributed by atoms with E-state index in [9.17, 15) is 14.0 Å². The molecule has 1 aromatic heterocycles. The molecule has 0 spiro atoms. The Hall–Kier alpha value is -2.35. The smallest absolute Gasteiger partial charge is 0.290 e. The molecule has 0 saturated carbocycles. The highest BCUT2D eigenvalue weighted by atomic mass is 32.2. The second-order valence-electron chi connectivity index (χ2n) is 6.04. The van der Waals surface area contributed by atoms with Crippen LogP contribution < -0.4 is 10.5 Å². The van der Waals surface area contributed by atoms with Crippen LogP contribution in [0.2, 0.25) is 0 Å². The van der Waals surface area contributed by atoms with Crippen LogP contribution in [-0.4, -0.2) is 52.7 Å². The summed E-state index contributed by atoms with van der Waals surface area (Å²) in [6.07, 6.45) is 3.55. The van der Waals surface area contributed by atoms with Crippen molar-refractivity contribution in [3.63, 3.8) is 0 Å². The summed E-state index contributed by atoms with van der Waals surface area (Å²) >= 11 is 1.67. The van der Waals surface area contributed by atoms with Crippen molar-refractivity contribution < 1.29 is 9.18 Å². The van der Waals surface area contributed by atoms with Crippen LogP contribution in [0.1, 0.15) is 12.0 Å². The van der Waals surface area contributed by atoms with Crippen molar-refractivity contribution in [1.82, 2.24) is 14.9 Å². The van der Waals surface area contributed by atoms with Gasteiger partial charge in [0.25, 0.3) is 5.56 Å². The van der Waals surface area contributed by atoms with E-state index in [1.165, 1.54) is 18.3 Å². The third-order valence-corrected chi connectivity index (χ3v) is 5.29. The first-order valence-electron chi connectivity index (χ1n) is 8.52. The van der Waals surface area contributed by atoms with E-state index in [4.69, 9.17) is 0 Å². The molecule has 2 aromatic rings. The van der Waals surface area contributed by atoms with E-state index in [1.54, 1.807) is 30.1 Å². The van der Waals surface area contributed by atoms with Gasteiger partial charge in [0.2, 0.25) is 5.91 Å². The highest BCUT2D eigenvalue weighted by Gasteiger charge is 2.22. The van der Waals surface area contributed by atoms with Crippen LogP contribution in [0.4, 0.5) is 10.2 Å². The Labute approximate surface area is 155 Å². The third kappa shape index (κ3) is 4.85. The van der Waals surface area contributed by atoms with E-state index in [-0.39, 0.29) is 17.3 Å². The second kappa shape index (κ2) is 8.84. The number of aromatic nitrogens is 2. The predicted molar refractivity (Wildman–Crippen MR) is 101 cm³/mol. The molecule has 1 saturated heterocycles. The third-order valence-electron chi connectivity index (χ3n) is 4.26. The minimum atomic E-state index is -0.235. The van der Waals surface area contributed by atoms with Crippen molar-refractivity contribution in [1.29, 1.82) is 0 Å². The Morgan fingerprint density at radius 3 is 2.62 bits per heavy atom. The summed E-state index contributed by atoms with van der Waals surface area (Å²) < 4.78 is 12.9. The number of carbonyl (C=O) groups excluding carboxylic acids is 1. The number of aromatic amines is 1. The van der Waals surface area contributed by atoms with Crippen molar-refractivity contribution in [2.24, 2.45) is 0 Å². The lowest BCUT2D eigenvalue weighted by molar-refractivity contribution is -0.131. The summed E-state index contributed by atoms with van der Waals surface area (Å²) in [6, 6.07) is 6.44. The minimum absolute atomic E-state index is 0.131. The van der Waals surface area contributed by atoms with Gasteiger partial charge in [0, 0.05) is 56.5 Å². The number of anilines is 1. The quantitative estimate of drug-likeness (QED) is 0.780. The molecule has 1 aliphatic heterocycles. The van der Waals surface area contributed by atoms with Crippen molar-refractivity contribution >= 4 is 23.5 Å². The average Bonchev–Trinajstić information content (AvgIpc) is 2.67. The number of carbonyl (C=O) groups is 1. The van der Waals surface area contributed by atoms with Gasteiger partial charge in [0.15, 0.2) is 5.82 Å². The van der Waals surface area contributed by atoms with Gasteiger partial charge in [-0.25, -0.2) is 9.37 Å². The second-order valence-corrected chi connectivity index (χ2v) is 7.14. The van der Waals surface area contributed by atoms with Crippen LogP contribution in [0.5, 0.6) is 0 Å². The monoisotopic (exact) mass is 376 g/mol. The highest BCUT2D eigenvalue weighted by Crippen LogP contribution is 2.15. The summed E-state index contributed by atoms with van der Waals surface area (Å²) in [5.41, 5.74) is 0.850. The van der Waals surface area contributed by atoms with Crippen LogP contribution in [0.25, 0.3) is 0 Å². The van der Waals surface area contributed by atoms with E-state index in [1.807, 2.05) is 9.80 Å². The first kappa shape index (κ1) is 18.4. The van der Waals surface area contributed by atoms with Crippen LogP contribution >= 0.6 is 11.8 Å². The average molecular weight is 376 g/mol. The Morgan fingerprint density at radius 2 is 1.92 bits per heavy atom. The normalized spacial score (nSPS) is 14.5. The minimum Gasteiger partial charge on any atom is -0.348 e. The standard InChI is InChI=1S/C18H21FN4O2S/c19-15-3-1-14(2-4-15)13-26-12-5-16(24)22-8-10-23(11-9-22)17-18(25)21-7-6-20-17/h1-4,6-7H,5,8-13H2,(H,21,25). The van der Waals surface area contributed by atoms with Crippen molar-refractivity contribution in [2.75, 3.05) is 36.8 Å². The molecule has 1 fully saturated rings. The summed E-state index contributed by atoms with van der Waals surface area (Å²) in [5.74, 6) is 1.81. The Kier molecular flexibility index (Phi) is 6.27. The maximum Gasteiger partial charge on any atom is 0.290 e. The molecule has 8 heteroatoms. The number of halogens is 1. The zero-order valence-electron chi connectivity index (χ0n) is 14.4. The molecule has 2 heterocycles. The fourth-order valence-corrected chi connectivity index (χ4v) is 3.72. The number of nitrogens with zero attached hydrogens (tertiary/aromatic N) is 3. The number of rotatable bonds is 6. The molecular formula is C18H21FN4O2S. The maximum atomic E-state index is 12.9. The maximum absolute atomic E-state index is 12.9. The molecule has 26 heavy (non-hydrogen) atoms. The number of piperazine rings is 1. The molecule has 3 rings (SSSR count). The van der Waals surface area contributed by atoms with E-state index in [2.05, 4.69) is 9.97 Å². The summed E-state index contributed by atoms with van der Waals surface area (Å²) in [5, 5.41) is 0. The topological polar surface area (TPSA) is 69.3 Å².